The SMILES string of the molecule is ClCC1(CCc2ccsc2)CC2CC2C1. The monoisotopic (exact) mass is 240 g/mol. The van der Waals surface area contributed by atoms with Gasteiger partial charge in [0.2, 0.25) is 0 Å². The second-order valence-electron chi connectivity index (χ2n) is 5.43. The van der Waals surface area contributed by atoms with Crippen molar-refractivity contribution in [2.75, 3.05) is 5.88 Å². The Kier molecular flexibility index (Phi) is 2.56. The number of alkyl halides is 1. The Morgan fingerprint density at radius 2 is 2.20 bits per heavy atom. The lowest BCUT2D eigenvalue weighted by molar-refractivity contribution is 0.281. The average molecular weight is 241 g/mol. The molecular formula is C13H17ClS. The van der Waals surface area contributed by atoms with E-state index in [4.69, 9.17) is 11.6 Å². The van der Waals surface area contributed by atoms with Crippen LogP contribution in [0, 0.1) is 17.3 Å². The molecule has 2 saturated carbocycles. The summed E-state index contributed by atoms with van der Waals surface area (Å²) in [4.78, 5) is 0. The molecule has 0 nitrogen and oxygen atoms in total. The number of rotatable bonds is 4. The second kappa shape index (κ2) is 3.78. The quantitative estimate of drug-likeness (QED) is 0.687. The normalized spacial score (nSPS) is 37.9. The number of halogens is 1. The molecular weight excluding hydrogens is 224 g/mol. The molecule has 1 aromatic heterocycles. The Balaban J connectivity index is 1.61. The van der Waals surface area contributed by atoms with Crippen molar-refractivity contribution in [1.82, 2.24) is 0 Å². The zero-order chi connectivity index (χ0) is 10.3. The molecule has 0 radical (unpaired) electrons. The van der Waals surface area contributed by atoms with Crippen molar-refractivity contribution < 1.29 is 0 Å². The fourth-order valence-corrected chi connectivity index (χ4v) is 4.29. The van der Waals surface area contributed by atoms with Crippen LogP contribution in [0.1, 0.15) is 31.2 Å². The number of thiophene rings is 1. The third-order valence-electron chi connectivity index (χ3n) is 4.27. The lowest BCUT2D eigenvalue weighted by atomic mass is 9.80. The molecule has 3 rings (SSSR count). The van der Waals surface area contributed by atoms with E-state index < -0.39 is 0 Å². The van der Waals surface area contributed by atoms with Gasteiger partial charge in [-0.05, 0) is 71.7 Å². The number of fused-ring (bicyclic) bond motifs is 1. The summed E-state index contributed by atoms with van der Waals surface area (Å²) in [6.07, 6.45) is 6.85. The van der Waals surface area contributed by atoms with Gasteiger partial charge in [-0.15, -0.1) is 11.6 Å². The van der Waals surface area contributed by atoms with Crippen molar-refractivity contribution in [3.05, 3.63) is 22.4 Å². The average Bonchev–Trinajstić information content (AvgIpc) is 2.75. The predicted octanol–water partition coefficient (Wildman–Crippen LogP) is 4.34. The highest BCUT2D eigenvalue weighted by molar-refractivity contribution is 7.07. The van der Waals surface area contributed by atoms with Gasteiger partial charge in [-0.25, -0.2) is 0 Å². The van der Waals surface area contributed by atoms with Gasteiger partial charge >= 0.3 is 0 Å². The van der Waals surface area contributed by atoms with Crippen molar-refractivity contribution >= 4 is 22.9 Å². The van der Waals surface area contributed by atoms with E-state index in [9.17, 15) is 0 Å². The van der Waals surface area contributed by atoms with E-state index in [1.54, 1.807) is 11.3 Å². The minimum atomic E-state index is 0.497. The third-order valence-corrected chi connectivity index (χ3v) is 5.57. The van der Waals surface area contributed by atoms with Gasteiger partial charge in [0, 0.05) is 5.88 Å². The van der Waals surface area contributed by atoms with Crippen LogP contribution in [0.25, 0.3) is 0 Å². The van der Waals surface area contributed by atoms with E-state index in [1.807, 2.05) is 0 Å². The molecule has 0 N–H and O–H groups in total. The molecule has 0 amide bonds. The maximum atomic E-state index is 6.19. The van der Waals surface area contributed by atoms with Crippen LogP contribution in [0.4, 0.5) is 0 Å². The Labute approximate surface area is 101 Å². The van der Waals surface area contributed by atoms with Gasteiger partial charge in [0.25, 0.3) is 0 Å². The first kappa shape index (κ1) is 10.2. The summed E-state index contributed by atoms with van der Waals surface area (Å²) in [5.41, 5.74) is 2.00. The van der Waals surface area contributed by atoms with Gasteiger partial charge in [-0.1, -0.05) is 0 Å². The second-order valence-corrected chi connectivity index (χ2v) is 6.48. The van der Waals surface area contributed by atoms with Crippen molar-refractivity contribution in [2.45, 2.75) is 32.1 Å². The lowest BCUT2D eigenvalue weighted by Crippen LogP contribution is -2.21. The van der Waals surface area contributed by atoms with Crippen molar-refractivity contribution in [2.24, 2.45) is 17.3 Å². The summed E-state index contributed by atoms with van der Waals surface area (Å²) >= 11 is 8.00. The van der Waals surface area contributed by atoms with Gasteiger partial charge < -0.3 is 0 Å². The topological polar surface area (TPSA) is 0 Å². The summed E-state index contributed by atoms with van der Waals surface area (Å²) in [5, 5.41) is 4.45. The maximum absolute atomic E-state index is 6.19. The summed E-state index contributed by atoms with van der Waals surface area (Å²) in [6.45, 7) is 0. The first-order valence-electron chi connectivity index (χ1n) is 5.88. The van der Waals surface area contributed by atoms with Crippen LogP contribution < -0.4 is 0 Å². The number of hydrogen-bond acceptors (Lipinski definition) is 1. The molecule has 1 heterocycles. The van der Waals surface area contributed by atoms with Crippen LogP contribution in [-0.4, -0.2) is 5.88 Å². The fourth-order valence-electron chi connectivity index (χ4n) is 3.23. The summed E-state index contributed by atoms with van der Waals surface area (Å²) in [5.74, 6) is 2.97. The summed E-state index contributed by atoms with van der Waals surface area (Å²) in [7, 11) is 0. The number of aryl methyl sites for hydroxylation is 1. The molecule has 15 heavy (non-hydrogen) atoms. The van der Waals surface area contributed by atoms with Crippen LogP contribution >= 0.6 is 22.9 Å². The molecule has 1 aromatic rings. The molecule has 0 saturated heterocycles. The summed E-state index contributed by atoms with van der Waals surface area (Å²) < 4.78 is 0. The smallest absolute Gasteiger partial charge is 0.0280 e. The van der Waals surface area contributed by atoms with E-state index in [0.717, 1.165) is 17.7 Å². The first-order chi connectivity index (χ1) is 7.31. The minimum absolute atomic E-state index is 0.497. The Bertz CT molecular complexity index is 320. The van der Waals surface area contributed by atoms with Gasteiger partial charge in [-0.3, -0.25) is 0 Å². The van der Waals surface area contributed by atoms with Crippen LogP contribution in [0.15, 0.2) is 16.8 Å². The van der Waals surface area contributed by atoms with Crippen molar-refractivity contribution in [3.8, 4) is 0 Å². The Morgan fingerprint density at radius 1 is 1.40 bits per heavy atom. The molecule has 2 atom stereocenters. The van der Waals surface area contributed by atoms with E-state index >= 15 is 0 Å². The molecule has 2 fully saturated rings. The van der Waals surface area contributed by atoms with Crippen LogP contribution in [-0.2, 0) is 6.42 Å². The Hall–Kier alpha value is -0.0100. The van der Waals surface area contributed by atoms with Crippen molar-refractivity contribution in [3.63, 3.8) is 0 Å². The van der Waals surface area contributed by atoms with Crippen LogP contribution in [0.5, 0.6) is 0 Å². The highest BCUT2D eigenvalue weighted by atomic mass is 35.5. The van der Waals surface area contributed by atoms with Crippen LogP contribution in [0.2, 0.25) is 0 Å². The third kappa shape index (κ3) is 1.97. The standard InChI is InChI=1S/C13H17ClS/c14-9-13(6-11-5-12(11)7-13)3-1-10-2-4-15-8-10/h2,4,8,11-12H,1,3,5-7,9H2. The fraction of sp³-hybridized carbons (Fsp3) is 0.692. The zero-order valence-corrected chi connectivity index (χ0v) is 10.5. The van der Waals surface area contributed by atoms with E-state index in [-0.39, 0.29) is 0 Å². The predicted molar refractivity (Wildman–Crippen MR) is 66.6 cm³/mol. The Morgan fingerprint density at radius 3 is 2.80 bits per heavy atom. The minimum Gasteiger partial charge on any atom is -0.152 e. The van der Waals surface area contributed by atoms with E-state index in [2.05, 4.69) is 16.8 Å². The lowest BCUT2D eigenvalue weighted by Gasteiger charge is -2.28. The highest BCUT2D eigenvalue weighted by Crippen LogP contribution is 2.61. The molecule has 82 valence electrons. The molecule has 0 spiro atoms. The van der Waals surface area contributed by atoms with Crippen LogP contribution in [0.3, 0.4) is 0 Å². The maximum Gasteiger partial charge on any atom is 0.0280 e. The zero-order valence-electron chi connectivity index (χ0n) is 8.92. The van der Waals surface area contributed by atoms with Gasteiger partial charge in [0.05, 0.1) is 0 Å². The van der Waals surface area contributed by atoms with E-state index in [0.29, 0.717) is 5.41 Å². The van der Waals surface area contributed by atoms with Crippen molar-refractivity contribution in [1.29, 1.82) is 0 Å². The summed E-state index contributed by atoms with van der Waals surface area (Å²) in [6, 6.07) is 2.25. The highest BCUT2D eigenvalue weighted by Gasteiger charge is 2.52. The molecule has 2 aliphatic rings. The largest absolute Gasteiger partial charge is 0.152 e. The first-order valence-corrected chi connectivity index (χ1v) is 7.36. The molecule has 0 aliphatic heterocycles. The van der Waals surface area contributed by atoms with E-state index in [1.165, 1.54) is 37.7 Å². The van der Waals surface area contributed by atoms with Gasteiger partial charge in [0.15, 0.2) is 0 Å². The van der Waals surface area contributed by atoms with Gasteiger partial charge in [0.1, 0.15) is 0 Å². The number of hydrogen-bond donors (Lipinski definition) is 0. The molecule has 2 aliphatic carbocycles. The molecule has 2 unspecified atom stereocenters. The molecule has 0 bridgehead atoms. The molecule has 0 aromatic carbocycles. The van der Waals surface area contributed by atoms with Gasteiger partial charge in [-0.2, -0.15) is 11.3 Å². The molecule has 2 heteroatoms.